The maximum atomic E-state index is 11.8. The van der Waals surface area contributed by atoms with Gasteiger partial charge in [0.05, 0.1) is 12.5 Å². The van der Waals surface area contributed by atoms with Crippen LogP contribution in [0.5, 0.6) is 0 Å². The van der Waals surface area contributed by atoms with Crippen molar-refractivity contribution in [2.45, 2.75) is 13.3 Å². The number of hydrogen-bond donors (Lipinski definition) is 0. The van der Waals surface area contributed by atoms with Gasteiger partial charge in [-0.2, -0.15) is 0 Å². The molecule has 1 saturated heterocycles. The van der Waals surface area contributed by atoms with Crippen LogP contribution in [0.15, 0.2) is 0 Å². The predicted molar refractivity (Wildman–Crippen MR) is 50.0 cm³/mol. The fraction of sp³-hybridized carbons (Fsp3) is 0.889. The van der Waals surface area contributed by atoms with Crippen LogP contribution in [0.3, 0.4) is 0 Å². The monoisotopic (exact) mass is 186 g/mol. The molecule has 13 heavy (non-hydrogen) atoms. The number of carbonyl (C=O) groups excluding carboxylic acids is 1. The molecule has 0 aromatic rings. The Morgan fingerprint density at radius 2 is 2.23 bits per heavy atom. The lowest BCUT2D eigenvalue weighted by Crippen LogP contribution is -2.41. The van der Waals surface area contributed by atoms with Crippen LogP contribution in [-0.2, 0) is 9.63 Å². The molecule has 0 N–H and O–H groups in total. The van der Waals surface area contributed by atoms with E-state index < -0.39 is 0 Å². The minimum atomic E-state index is -0.264. The largest absolute Gasteiger partial charge is 0.305 e. The quantitative estimate of drug-likeness (QED) is 0.583. The maximum absolute atomic E-state index is 11.8. The van der Waals surface area contributed by atoms with Crippen molar-refractivity contribution in [2.75, 3.05) is 34.3 Å². The van der Waals surface area contributed by atoms with Gasteiger partial charge in [-0.15, -0.1) is 0 Å². The third-order valence-electron chi connectivity index (χ3n) is 2.74. The highest BCUT2D eigenvalue weighted by atomic mass is 16.7. The summed E-state index contributed by atoms with van der Waals surface area (Å²) < 4.78 is 0. The Balaban J connectivity index is 2.65. The van der Waals surface area contributed by atoms with Gasteiger partial charge in [-0.25, -0.2) is 5.06 Å². The average molecular weight is 186 g/mol. The van der Waals surface area contributed by atoms with E-state index in [0.717, 1.165) is 19.5 Å². The zero-order valence-corrected chi connectivity index (χ0v) is 8.83. The topological polar surface area (TPSA) is 32.8 Å². The summed E-state index contributed by atoms with van der Waals surface area (Å²) in [6.45, 7) is 3.80. The van der Waals surface area contributed by atoms with Crippen molar-refractivity contribution in [3.05, 3.63) is 0 Å². The van der Waals surface area contributed by atoms with Crippen LogP contribution in [0.1, 0.15) is 13.3 Å². The van der Waals surface area contributed by atoms with E-state index in [1.165, 1.54) is 12.2 Å². The van der Waals surface area contributed by atoms with Gasteiger partial charge in [0, 0.05) is 13.6 Å². The molecule has 76 valence electrons. The van der Waals surface area contributed by atoms with Crippen molar-refractivity contribution in [2.24, 2.45) is 5.41 Å². The minimum absolute atomic E-state index is 0.0688. The third-order valence-corrected chi connectivity index (χ3v) is 2.74. The standard InChI is InChI=1S/C9H18N2O2/c1-9(5-6-10(2)7-9)8(12)11(3)13-4/h5-7H2,1-4H3. The van der Waals surface area contributed by atoms with Crippen LogP contribution in [0, 0.1) is 5.41 Å². The van der Waals surface area contributed by atoms with Gasteiger partial charge < -0.3 is 4.90 Å². The van der Waals surface area contributed by atoms with Crippen LogP contribution < -0.4 is 0 Å². The molecule has 4 heteroatoms. The van der Waals surface area contributed by atoms with Crippen molar-refractivity contribution in [3.63, 3.8) is 0 Å². The van der Waals surface area contributed by atoms with E-state index in [0.29, 0.717) is 0 Å². The second-order valence-corrected chi connectivity index (χ2v) is 4.03. The lowest BCUT2D eigenvalue weighted by atomic mass is 9.89. The van der Waals surface area contributed by atoms with Crippen molar-refractivity contribution in [1.29, 1.82) is 0 Å². The van der Waals surface area contributed by atoms with Crippen molar-refractivity contribution in [3.8, 4) is 0 Å². The lowest BCUT2D eigenvalue weighted by molar-refractivity contribution is -0.178. The molecule has 1 rings (SSSR count). The number of amides is 1. The molecule has 0 saturated carbocycles. The van der Waals surface area contributed by atoms with Crippen LogP contribution in [0.25, 0.3) is 0 Å². The molecule has 4 nitrogen and oxygen atoms in total. The number of carbonyl (C=O) groups is 1. The van der Waals surface area contributed by atoms with Crippen LogP contribution >= 0.6 is 0 Å². The molecule has 0 aromatic carbocycles. The van der Waals surface area contributed by atoms with Gasteiger partial charge in [-0.3, -0.25) is 9.63 Å². The fourth-order valence-electron chi connectivity index (χ4n) is 1.83. The highest BCUT2D eigenvalue weighted by Crippen LogP contribution is 2.30. The first-order chi connectivity index (χ1) is 5.99. The van der Waals surface area contributed by atoms with Crippen LogP contribution in [-0.4, -0.2) is 50.2 Å². The van der Waals surface area contributed by atoms with E-state index in [1.807, 2.05) is 14.0 Å². The number of hydrogen-bond acceptors (Lipinski definition) is 3. The zero-order valence-electron chi connectivity index (χ0n) is 8.83. The predicted octanol–water partition coefficient (Wildman–Crippen LogP) is 0.348. The Morgan fingerprint density at radius 1 is 1.62 bits per heavy atom. The molecule has 1 fully saturated rings. The van der Waals surface area contributed by atoms with Crippen molar-refractivity contribution in [1.82, 2.24) is 9.96 Å². The highest BCUT2D eigenvalue weighted by Gasteiger charge is 2.40. The first kappa shape index (κ1) is 10.5. The first-order valence-electron chi connectivity index (χ1n) is 4.50. The number of hydroxylamine groups is 2. The Kier molecular flexibility index (Phi) is 2.93. The molecule has 0 aliphatic carbocycles. The summed E-state index contributed by atoms with van der Waals surface area (Å²) in [5, 5.41) is 1.32. The van der Waals surface area contributed by atoms with Gasteiger partial charge in [0.15, 0.2) is 0 Å². The second kappa shape index (κ2) is 3.64. The molecule has 1 aliphatic rings. The first-order valence-corrected chi connectivity index (χ1v) is 4.50. The summed E-state index contributed by atoms with van der Waals surface area (Å²) in [6.07, 6.45) is 0.913. The summed E-state index contributed by atoms with van der Waals surface area (Å²) >= 11 is 0. The Labute approximate surface area is 79.4 Å². The van der Waals surface area contributed by atoms with Gasteiger partial charge in [-0.05, 0) is 26.9 Å². The lowest BCUT2D eigenvalue weighted by Gasteiger charge is -2.26. The van der Waals surface area contributed by atoms with Gasteiger partial charge in [0.2, 0.25) is 0 Å². The van der Waals surface area contributed by atoms with Gasteiger partial charge >= 0.3 is 0 Å². The Morgan fingerprint density at radius 3 is 2.62 bits per heavy atom. The van der Waals surface area contributed by atoms with Gasteiger partial charge in [0.1, 0.15) is 0 Å². The molecule has 1 heterocycles. The molecule has 1 unspecified atom stereocenters. The third kappa shape index (κ3) is 2.00. The molecular formula is C9H18N2O2. The summed E-state index contributed by atoms with van der Waals surface area (Å²) in [6, 6.07) is 0. The molecule has 0 radical (unpaired) electrons. The smallest absolute Gasteiger partial charge is 0.253 e. The number of rotatable bonds is 2. The normalized spacial score (nSPS) is 29.2. The van der Waals surface area contributed by atoms with E-state index in [9.17, 15) is 4.79 Å². The molecule has 1 aliphatic heterocycles. The molecule has 0 aromatic heterocycles. The number of nitrogens with zero attached hydrogens (tertiary/aromatic N) is 2. The molecule has 0 bridgehead atoms. The minimum Gasteiger partial charge on any atom is -0.305 e. The van der Waals surface area contributed by atoms with Crippen molar-refractivity contribution >= 4 is 5.91 Å². The SMILES string of the molecule is CON(C)C(=O)C1(C)CCN(C)C1. The summed E-state index contributed by atoms with van der Waals surface area (Å²) in [4.78, 5) is 18.9. The van der Waals surface area contributed by atoms with Crippen LogP contribution in [0.2, 0.25) is 0 Å². The van der Waals surface area contributed by atoms with E-state index in [1.54, 1.807) is 7.05 Å². The summed E-state index contributed by atoms with van der Waals surface area (Å²) in [7, 11) is 5.21. The average Bonchev–Trinajstić information content (AvgIpc) is 2.45. The molecule has 1 amide bonds. The summed E-state index contributed by atoms with van der Waals surface area (Å²) in [5.41, 5.74) is -0.264. The van der Waals surface area contributed by atoms with E-state index >= 15 is 0 Å². The molecule has 0 spiro atoms. The molecular weight excluding hydrogens is 168 g/mol. The Hall–Kier alpha value is -0.610. The van der Waals surface area contributed by atoms with Crippen LogP contribution in [0.4, 0.5) is 0 Å². The second-order valence-electron chi connectivity index (χ2n) is 4.03. The highest BCUT2D eigenvalue weighted by molar-refractivity contribution is 5.81. The van der Waals surface area contributed by atoms with Crippen molar-refractivity contribution < 1.29 is 9.63 Å². The van der Waals surface area contributed by atoms with E-state index in [4.69, 9.17) is 4.84 Å². The molecule has 1 atom stereocenters. The maximum Gasteiger partial charge on any atom is 0.253 e. The van der Waals surface area contributed by atoms with Gasteiger partial charge in [-0.1, -0.05) is 0 Å². The summed E-state index contributed by atoms with van der Waals surface area (Å²) in [5.74, 6) is 0.0688. The zero-order chi connectivity index (χ0) is 10.1. The van der Waals surface area contributed by atoms with Gasteiger partial charge in [0.25, 0.3) is 5.91 Å². The number of likely N-dealkylation sites (tertiary alicyclic amines) is 1. The van der Waals surface area contributed by atoms with E-state index in [-0.39, 0.29) is 11.3 Å². The fourth-order valence-corrected chi connectivity index (χ4v) is 1.83. The van der Waals surface area contributed by atoms with E-state index in [2.05, 4.69) is 4.90 Å². The Bertz CT molecular complexity index is 208.